The predicted octanol–water partition coefficient (Wildman–Crippen LogP) is 4.12. The minimum absolute atomic E-state index is 0.731. The van der Waals surface area contributed by atoms with Gasteiger partial charge in [0.05, 0.1) is 6.61 Å². The lowest BCUT2D eigenvalue weighted by Gasteiger charge is -2.21. The van der Waals surface area contributed by atoms with Crippen LogP contribution in [0.25, 0.3) is 0 Å². The molecule has 0 atom stereocenters. The SMILES string of the molecule is CCO[P+](c1ccsc1)(c1ccsc1)c1ccsc1. The summed E-state index contributed by atoms with van der Waals surface area (Å²) in [5.41, 5.74) is 0. The molecule has 19 heavy (non-hydrogen) atoms. The molecule has 0 unspecified atom stereocenters. The van der Waals surface area contributed by atoms with Crippen LogP contribution in [0, 0.1) is 0 Å². The average Bonchev–Trinajstić information content (AvgIpc) is 3.18. The van der Waals surface area contributed by atoms with E-state index >= 15 is 0 Å². The summed E-state index contributed by atoms with van der Waals surface area (Å²) in [4.78, 5) is 0. The molecule has 0 amide bonds. The first kappa shape index (κ1) is 13.5. The van der Waals surface area contributed by atoms with E-state index in [4.69, 9.17) is 4.52 Å². The summed E-state index contributed by atoms with van der Waals surface area (Å²) >= 11 is 5.22. The van der Waals surface area contributed by atoms with Crippen molar-refractivity contribution < 1.29 is 4.52 Å². The van der Waals surface area contributed by atoms with E-state index < -0.39 is 7.49 Å². The van der Waals surface area contributed by atoms with Gasteiger partial charge in [0.25, 0.3) is 0 Å². The molecule has 3 rings (SSSR count). The Bertz CT molecular complexity index is 515. The Kier molecular flexibility index (Phi) is 4.15. The lowest BCUT2D eigenvalue weighted by Crippen LogP contribution is -2.30. The minimum atomic E-state index is -1.88. The van der Waals surface area contributed by atoms with Gasteiger partial charge in [-0.3, -0.25) is 0 Å². The number of hydrogen-bond donors (Lipinski definition) is 0. The molecule has 0 bridgehead atoms. The fourth-order valence-corrected chi connectivity index (χ4v) is 8.95. The monoisotopic (exact) mass is 325 g/mol. The maximum atomic E-state index is 6.39. The van der Waals surface area contributed by atoms with Crippen molar-refractivity contribution in [2.75, 3.05) is 6.61 Å². The standard InChI is InChI=1S/C14H14OPS3/c1-2-15-16(12-3-6-17-9-12,13-4-7-18-10-13)14-5-8-19-11-14/h3-11H,2H2,1H3/q+1. The van der Waals surface area contributed by atoms with Gasteiger partial charge in [0.2, 0.25) is 7.49 Å². The molecular formula is C14H14OPS3+. The van der Waals surface area contributed by atoms with Crippen molar-refractivity contribution in [1.82, 2.24) is 0 Å². The summed E-state index contributed by atoms with van der Waals surface area (Å²) in [5, 5.41) is 17.1. The van der Waals surface area contributed by atoms with Crippen LogP contribution >= 0.6 is 41.5 Å². The van der Waals surface area contributed by atoms with Gasteiger partial charge in [0, 0.05) is 16.1 Å². The summed E-state index contributed by atoms with van der Waals surface area (Å²) in [5.74, 6) is 0. The molecule has 0 aliphatic carbocycles. The summed E-state index contributed by atoms with van der Waals surface area (Å²) < 4.78 is 6.39. The fourth-order valence-electron chi connectivity index (χ4n) is 2.17. The molecule has 0 N–H and O–H groups in total. The average molecular weight is 325 g/mol. The third-order valence-corrected chi connectivity index (χ3v) is 9.17. The highest BCUT2D eigenvalue weighted by Gasteiger charge is 2.48. The van der Waals surface area contributed by atoms with Gasteiger partial charge in [-0.05, 0) is 41.3 Å². The molecule has 0 radical (unpaired) electrons. The quantitative estimate of drug-likeness (QED) is 0.641. The van der Waals surface area contributed by atoms with Crippen LogP contribution in [-0.2, 0) is 4.52 Å². The second kappa shape index (κ2) is 5.86. The highest BCUT2D eigenvalue weighted by atomic mass is 32.1. The Labute approximate surface area is 125 Å². The third-order valence-electron chi connectivity index (χ3n) is 2.93. The molecule has 0 aliphatic heterocycles. The van der Waals surface area contributed by atoms with Crippen molar-refractivity contribution in [3.05, 3.63) is 50.5 Å². The fraction of sp³-hybridized carbons (Fsp3) is 0.143. The van der Waals surface area contributed by atoms with E-state index in [0.29, 0.717) is 0 Å². The molecular weight excluding hydrogens is 311 g/mol. The molecule has 5 heteroatoms. The highest BCUT2D eigenvalue weighted by molar-refractivity contribution is 7.92. The van der Waals surface area contributed by atoms with Crippen molar-refractivity contribution in [2.24, 2.45) is 0 Å². The van der Waals surface area contributed by atoms with Gasteiger partial charge in [0.15, 0.2) is 0 Å². The Morgan fingerprint density at radius 2 is 1.26 bits per heavy atom. The highest BCUT2D eigenvalue weighted by Crippen LogP contribution is 2.57. The molecule has 0 saturated carbocycles. The predicted molar refractivity (Wildman–Crippen MR) is 90.4 cm³/mol. The van der Waals surface area contributed by atoms with E-state index in [1.54, 1.807) is 34.0 Å². The van der Waals surface area contributed by atoms with Crippen LogP contribution in [0.15, 0.2) is 50.5 Å². The summed E-state index contributed by atoms with van der Waals surface area (Å²) in [6.07, 6.45) is 0. The van der Waals surface area contributed by atoms with Gasteiger partial charge in [-0.25, -0.2) is 4.52 Å². The molecule has 0 aliphatic rings. The first-order valence-corrected chi connectivity index (χ1v) is 10.5. The summed E-state index contributed by atoms with van der Waals surface area (Å²) in [6, 6.07) is 6.64. The van der Waals surface area contributed by atoms with Crippen molar-refractivity contribution >= 4 is 57.4 Å². The van der Waals surface area contributed by atoms with Gasteiger partial charge >= 0.3 is 0 Å². The Morgan fingerprint density at radius 3 is 1.53 bits per heavy atom. The molecule has 0 aromatic carbocycles. The first-order chi connectivity index (χ1) is 9.38. The molecule has 1 nitrogen and oxygen atoms in total. The van der Waals surface area contributed by atoms with E-state index in [2.05, 4.69) is 57.4 Å². The van der Waals surface area contributed by atoms with Crippen LogP contribution in [0.1, 0.15) is 6.92 Å². The normalized spacial score (nSPS) is 11.8. The maximum absolute atomic E-state index is 6.39. The van der Waals surface area contributed by atoms with Crippen LogP contribution in [0.2, 0.25) is 0 Å². The van der Waals surface area contributed by atoms with Crippen LogP contribution in [0.3, 0.4) is 0 Å². The van der Waals surface area contributed by atoms with Gasteiger partial charge in [0.1, 0.15) is 15.9 Å². The van der Waals surface area contributed by atoms with Gasteiger partial charge in [-0.15, -0.1) is 34.0 Å². The van der Waals surface area contributed by atoms with Gasteiger partial charge < -0.3 is 0 Å². The van der Waals surface area contributed by atoms with Crippen molar-refractivity contribution in [3.8, 4) is 0 Å². The zero-order valence-electron chi connectivity index (χ0n) is 10.5. The second-order valence-corrected chi connectivity index (χ2v) is 9.34. The van der Waals surface area contributed by atoms with Crippen LogP contribution in [-0.4, -0.2) is 6.61 Å². The molecule has 3 aromatic rings. The first-order valence-electron chi connectivity index (χ1n) is 6.00. The lowest BCUT2D eigenvalue weighted by atomic mass is 10.6. The number of rotatable bonds is 5. The van der Waals surface area contributed by atoms with Crippen LogP contribution in [0.5, 0.6) is 0 Å². The van der Waals surface area contributed by atoms with E-state index in [0.717, 1.165) is 6.61 Å². The van der Waals surface area contributed by atoms with Crippen molar-refractivity contribution in [1.29, 1.82) is 0 Å². The van der Waals surface area contributed by atoms with E-state index in [1.165, 1.54) is 15.9 Å². The Balaban J connectivity index is 2.24. The topological polar surface area (TPSA) is 9.23 Å². The van der Waals surface area contributed by atoms with E-state index in [1.807, 2.05) is 0 Å². The van der Waals surface area contributed by atoms with Crippen molar-refractivity contribution in [3.63, 3.8) is 0 Å². The Hall–Kier alpha value is -0.510. The molecule has 98 valence electrons. The smallest absolute Gasteiger partial charge is 0.222 e. The zero-order valence-corrected chi connectivity index (χ0v) is 13.8. The Morgan fingerprint density at radius 1 is 0.842 bits per heavy atom. The zero-order chi connectivity index (χ0) is 13.1. The van der Waals surface area contributed by atoms with Gasteiger partial charge in [-0.2, -0.15) is 0 Å². The molecule has 3 aromatic heterocycles. The maximum Gasteiger partial charge on any atom is 0.244 e. The second-order valence-electron chi connectivity index (χ2n) is 3.97. The van der Waals surface area contributed by atoms with E-state index in [9.17, 15) is 0 Å². The summed E-state index contributed by atoms with van der Waals surface area (Å²) in [6.45, 7) is 2.81. The van der Waals surface area contributed by atoms with Crippen LogP contribution in [0.4, 0.5) is 0 Å². The molecule has 0 fully saturated rings. The molecule has 0 saturated heterocycles. The summed E-state index contributed by atoms with van der Waals surface area (Å²) in [7, 11) is -1.88. The molecule has 3 heterocycles. The van der Waals surface area contributed by atoms with E-state index in [-0.39, 0.29) is 0 Å². The largest absolute Gasteiger partial charge is 0.244 e. The van der Waals surface area contributed by atoms with Crippen molar-refractivity contribution in [2.45, 2.75) is 6.92 Å². The number of thiophene rings is 3. The van der Waals surface area contributed by atoms with Gasteiger partial charge in [-0.1, -0.05) is 0 Å². The minimum Gasteiger partial charge on any atom is -0.222 e. The number of hydrogen-bond acceptors (Lipinski definition) is 4. The third kappa shape index (κ3) is 2.32. The molecule has 0 spiro atoms. The lowest BCUT2D eigenvalue weighted by molar-refractivity contribution is 0.381. The van der Waals surface area contributed by atoms with Crippen LogP contribution < -0.4 is 15.9 Å².